The molecule has 106 valence electrons. The van der Waals surface area contributed by atoms with Gasteiger partial charge >= 0.3 is 0 Å². The minimum atomic E-state index is -0.193. The molecule has 5 heteroatoms. The maximum atomic E-state index is 12.4. The van der Waals surface area contributed by atoms with Crippen molar-refractivity contribution in [1.82, 2.24) is 0 Å². The van der Waals surface area contributed by atoms with Gasteiger partial charge in [0, 0.05) is 16.3 Å². The minimum Gasteiger partial charge on any atom is -0.304 e. The van der Waals surface area contributed by atoms with Crippen molar-refractivity contribution in [2.24, 2.45) is 0 Å². The van der Waals surface area contributed by atoms with E-state index in [-0.39, 0.29) is 18.2 Å². The average molecular weight is 320 g/mol. The molecule has 1 heterocycles. The molecular weight excluding hydrogens is 309 g/mol. The molecule has 0 saturated carbocycles. The van der Waals surface area contributed by atoms with E-state index in [9.17, 15) is 9.59 Å². The number of benzene rings is 2. The summed E-state index contributed by atoms with van der Waals surface area (Å²) >= 11 is 12.0. The second-order valence-corrected chi connectivity index (χ2v) is 5.68. The molecule has 0 unspecified atom stereocenters. The predicted octanol–water partition coefficient (Wildman–Crippen LogP) is 3.77. The number of nitrogens with zero attached hydrogens (tertiary/aromatic N) is 1. The van der Waals surface area contributed by atoms with Crippen molar-refractivity contribution in [2.45, 2.75) is 6.42 Å². The third-order valence-corrected chi connectivity index (χ3v) is 4.02. The molecule has 0 fully saturated rings. The Morgan fingerprint density at radius 2 is 1.90 bits per heavy atom. The zero-order valence-electron chi connectivity index (χ0n) is 11.0. The molecule has 0 saturated heterocycles. The van der Waals surface area contributed by atoms with Gasteiger partial charge in [0.05, 0.1) is 18.0 Å². The van der Waals surface area contributed by atoms with Gasteiger partial charge in [-0.3, -0.25) is 9.59 Å². The highest BCUT2D eigenvalue weighted by atomic mass is 35.5. The number of anilines is 1. The Morgan fingerprint density at radius 3 is 2.67 bits per heavy atom. The molecule has 3 nitrogen and oxygen atoms in total. The molecule has 0 N–H and O–H groups in total. The molecule has 0 bridgehead atoms. The number of carbonyl (C=O) groups excluding carboxylic acids is 2. The molecule has 21 heavy (non-hydrogen) atoms. The fraction of sp³-hybridized carbons (Fsp3) is 0.125. The monoisotopic (exact) mass is 319 g/mol. The molecule has 1 aliphatic heterocycles. The summed E-state index contributed by atoms with van der Waals surface area (Å²) in [6, 6.07) is 12.1. The van der Waals surface area contributed by atoms with Gasteiger partial charge < -0.3 is 4.90 Å². The normalized spacial score (nSPS) is 13.4. The van der Waals surface area contributed by atoms with Crippen LogP contribution in [0.2, 0.25) is 10.0 Å². The van der Waals surface area contributed by atoms with Crippen LogP contribution in [0.25, 0.3) is 0 Å². The highest BCUT2D eigenvalue weighted by Gasteiger charge is 2.29. The van der Waals surface area contributed by atoms with Crippen LogP contribution in [0.4, 0.5) is 5.69 Å². The highest BCUT2D eigenvalue weighted by molar-refractivity contribution is 6.34. The van der Waals surface area contributed by atoms with Crippen LogP contribution in [-0.4, -0.2) is 18.2 Å². The molecule has 0 aromatic heterocycles. The fourth-order valence-electron chi connectivity index (χ4n) is 2.42. The van der Waals surface area contributed by atoms with E-state index in [1.165, 1.54) is 4.90 Å². The zero-order chi connectivity index (χ0) is 15.0. The van der Waals surface area contributed by atoms with E-state index in [4.69, 9.17) is 23.2 Å². The smallest absolute Gasteiger partial charge is 0.231 e. The van der Waals surface area contributed by atoms with Crippen LogP contribution in [0.5, 0.6) is 0 Å². The molecule has 0 aliphatic carbocycles. The predicted molar refractivity (Wildman–Crippen MR) is 83.3 cm³/mol. The Morgan fingerprint density at radius 1 is 1.14 bits per heavy atom. The van der Waals surface area contributed by atoms with E-state index < -0.39 is 0 Å². The van der Waals surface area contributed by atoms with Gasteiger partial charge in [-0.1, -0.05) is 41.4 Å². The van der Waals surface area contributed by atoms with E-state index in [0.29, 0.717) is 27.7 Å². The molecule has 0 spiro atoms. The molecule has 2 aromatic carbocycles. The summed E-state index contributed by atoms with van der Waals surface area (Å²) in [7, 11) is 0. The van der Waals surface area contributed by atoms with Gasteiger partial charge in [0.15, 0.2) is 5.78 Å². The van der Waals surface area contributed by atoms with Gasteiger partial charge in [-0.15, -0.1) is 0 Å². The maximum absolute atomic E-state index is 12.4. The summed E-state index contributed by atoms with van der Waals surface area (Å²) in [5, 5.41) is 0.930. The van der Waals surface area contributed by atoms with Crippen molar-refractivity contribution in [3.63, 3.8) is 0 Å². The Kier molecular flexibility index (Phi) is 3.70. The van der Waals surface area contributed by atoms with E-state index in [0.717, 1.165) is 5.56 Å². The molecule has 1 aliphatic rings. The lowest BCUT2D eigenvalue weighted by molar-refractivity contribution is -0.117. The summed E-state index contributed by atoms with van der Waals surface area (Å²) in [6.45, 7) is -0.0318. The Bertz CT molecular complexity index is 743. The first kappa shape index (κ1) is 14.1. The standard InChI is InChI=1S/C16H11Cl2NO2/c17-11-6-5-10-7-16(21)19(14(10)8-11)9-15(20)12-3-1-2-4-13(12)18/h1-6,8H,7,9H2. The van der Waals surface area contributed by atoms with Crippen molar-refractivity contribution in [3.05, 3.63) is 63.6 Å². The van der Waals surface area contributed by atoms with Gasteiger partial charge in [-0.2, -0.15) is 0 Å². The van der Waals surface area contributed by atoms with Crippen LogP contribution in [-0.2, 0) is 11.2 Å². The number of hydrogen-bond acceptors (Lipinski definition) is 2. The lowest BCUT2D eigenvalue weighted by atomic mass is 10.1. The summed E-state index contributed by atoms with van der Waals surface area (Å²) in [5.74, 6) is -0.297. The molecule has 2 aromatic rings. The van der Waals surface area contributed by atoms with E-state index in [2.05, 4.69) is 0 Å². The summed E-state index contributed by atoms with van der Waals surface area (Å²) in [5.41, 5.74) is 2.01. The molecule has 0 radical (unpaired) electrons. The third kappa shape index (κ3) is 2.67. The van der Waals surface area contributed by atoms with Crippen LogP contribution in [0.3, 0.4) is 0 Å². The van der Waals surface area contributed by atoms with E-state index in [1.807, 2.05) is 6.07 Å². The Hall–Kier alpha value is -1.84. The number of Topliss-reactive ketones (excluding diaryl/α,β-unsaturated/α-hetero) is 1. The molecular formula is C16H11Cl2NO2. The summed E-state index contributed by atoms with van der Waals surface area (Å²) in [6.07, 6.45) is 0.294. The van der Waals surface area contributed by atoms with Crippen LogP contribution < -0.4 is 4.90 Å². The first-order valence-electron chi connectivity index (χ1n) is 6.43. The number of carbonyl (C=O) groups is 2. The van der Waals surface area contributed by atoms with Crippen molar-refractivity contribution in [3.8, 4) is 0 Å². The second-order valence-electron chi connectivity index (χ2n) is 4.83. The molecule has 1 amide bonds. The second kappa shape index (κ2) is 5.51. The van der Waals surface area contributed by atoms with Crippen LogP contribution in [0, 0.1) is 0 Å². The number of amides is 1. The minimum absolute atomic E-state index is 0.0318. The topological polar surface area (TPSA) is 37.4 Å². The summed E-state index contributed by atoms with van der Waals surface area (Å²) < 4.78 is 0. The quantitative estimate of drug-likeness (QED) is 0.808. The molecule has 0 atom stereocenters. The summed E-state index contributed by atoms with van der Waals surface area (Å²) in [4.78, 5) is 25.9. The number of hydrogen-bond donors (Lipinski definition) is 0. The van der Waals surface area contributed by atoms with Gasteiger partial charge in [-0.05, 0) is 29.8 Å². The average Bonchev–Trinajstić information content (AvgIpc) is 2.75. The molecule has 3 rings (SSSR count). The van der Waals surface area contributed by atoms with Gasteiger partial charge in [-0.25, -0.2) is 0 Å². The lowest BCUT2D eigenvalue weighted by Crippen LogP contribution is -2.32. The first-order chi connectivity index (χ1) is 10.1. The van der Waals surface area contributed by atoms with Crippen molar-refractivity contribution in [2.75, 3.05) is 11.4 Å². The SMILES string of the molecule is O=C(CN1C(=O)Cc2ccc(Cl)cc21)c1ccccc1Cl. The van der Waals surface area contributed by atoms with Gasteiger partial charge in [0.1, 0.15) is 0 Å². The fourth-order valence-corrected chi connectivity index (χ4v) is 2.83. The maximum Gasteiger partial charge on any atom is 0.231 e. The van der Waals surface area contributed by atoms with Crippen LogP contribution >= 0.6 is 23.2 Å². The largest absolute Gasteiger partial charge is 0.304 e. The third-order valence-electron chi connectivity index (χ3n) is 3.46. The lowest BCUT2D eigenvalue weighted by Gasteiger charge is -2.17. The number of halogens is 2. The van der Waals surface area contributed by atoms with Crippen LogP contribution in [0.15, 0.2) is 42.5 Å². The van der Waals surface area contributed by atoms with Gasteiger partial charge in [0.25, 0.3) is 0 Å². The van der Waals surface area contributed by atoms with E-state index in [1.54, 1.807) is 36.4 Å². The zero-order valence-corrected chi connectivity index (χ0v) is 12.5. The van der Waals surface area contributed by atoms with Crippen molar-refractivity contribution >= 4 is 40.6 Å². The number of ketones is 1. The Labute approximate surface area is 132 Å². The Balaban J connectivity index is 1.89. The van der Waals surface area contributed by atoms with Crippen molar-refractivity contribution in [1.29, 1.82) is 0 Å². The highest BCUT2D eigenvalue weighted by Crippen LogP contribution is 2.31. The first-order valence-corrected chi connectivity index (χ1v) is 7.18. The van der Waals surface area contributed by atoms with Crippen molar-refractivity contribution < 1.29 is 9.59 Å². The number of rotatable bonds is 3. The van der Waals surface area contributed by atoms with Gasteiger partial charge in [0.2, 0.25) is 5.91 Å². The van der Waals surface area contributed by atoms with Crippen LogP contribution in [0.1, 0.15) is 15.9 Å². The van der Waals surface area contributed by atoms with E-state index >= 15 is 0 Å². The number of fused-ring (bicyclic) bond motifs is 1.